The smallest absolute Gasteiger partial charge is 0.333 e. The van der Waals surface area contributed by atoms with Crippen molar-refractivity contribution in [2.75, 3.05) is 0 Å². The first-order chi connectivity index (χ1) is 12.3. The second-order valence-electron chi connectivity index (χ2n) is 6.08. The molecule has 0 aromatic heterocycles. The molecule has 1 aromatic rings. The van der Waals surface area contributed by atoms with Crippen LogP contribution in [-0.4, -0.2) is 24.3 Å². The summed E-state index contributed by atoms with van der Waals surface area (Å²) < 4.78 is 16.5. The predicted molar refractivity (Wildman–Crippen MR) is 94.5 cm³/mol. The van der Waals surface area contributed by atoms with Crippen molar-refractivity contribution in [1.82, 2.24) is 0 Å². The van der Waals surface area contributed by atoms with Crippen LogP contribution in [0.15, 0.2) is 42.0 Å². The maximum Gasteiger partial charge on any atom is 0.333 e. The molecule has 0 saturated heterocycles. The standard InChI is InChI=1S/C20H22O6/c1-6-11(2)20(23)24-13(4)15-7-8-17-16(9-15)19(25-14(5)22)18(26-17)12(3)10-21/h6-10,13,18-19H,3H2,1-2,4-5H3. The molecule has 1 aliphatic heterocycles. The average molecular weight is 358 g/mol. The number of allylic oxidation sites excluding steroid dienone is 1. The molecule has 6 heteroatoms. The van der Waals surface area contributed by atoms with Gasteiger partial charge in [-0.05, 0) is 38.5 Å². The molecular weight excluding hydrogens is 336 g/mol. The minimum Gasteiger partial charge on any atom is -0.481 e. The van der Waals surface area contributed by atoms with E-state index in [4.69, 9.17) is 14.2 Å². The number of hydrogen-bond acceptors (Lipinski definition) is 6. The number of hydrogen-bond donors (Lipinski definition) is 0. The van der Waals surface area contributed by atoms with Crippen LogP contribution < -0.4 is 4.74 Å². The molecule has 0 spiro atoms. The average Bonchev–Trinajstić information content (AvgIpc) is 2.97. The highest BCUT2D eigenvalue weighted by Crippen LogP contribution is 2.42. The van der Waals surface area contributed by atoms with E-state index in [1.165, 1.54) is 6.92 Å². The summed E-state index contributed by atoms with van der Waals surface area (Å²) in [5.74, 6) is -0.402. The van der Waals surface area contributed by atoms with Crippen molar-refractivity contribution >= 4 is 18.2 Å². The molecule has 26 heavy (non-hydrogen) atoms. The largest absolute Gasteiger partial charge is 0.481 e. The van der Waals surface area contributed by atoms with Crippen LogP contribution in [0.4, 0.5) is 0 Å². The molecule has 1 heterocycles. The molecule has 6 nitrogen and oxygen atoms in total. The quantitative estimate of drug-likeness (QED) is 0.441. The fraction of sp³-hybridized carbons (Fsp3) is 0.350. The number of benzene rings is 1. The van der Waals surface area contributed by atoms with Crippen LogP contribution in [0.1, 0.15) is 51.0 Å². The fourth-order valence-corrected chi connectivity index (χ4v) is 2.59. The van der Waals surface area contributed by atoms with E-state index in [9.17, 15) is 14.4 Å². The molecule has 0 aliphatic carbocycles. The van der Waals surface area contributed by atoms with Crippen LogP contribution in [0, 0.1) is 0 Å². The maximum atomic E-state index is 11.9. The van der Waals surface area contributed by atoms with E-state index in [0.717, 1.165) is 5.56 Å². The Labute approximate surface area is 152 Å². The van der Waals surface area contributed by atoms with Gasteiger partial charge in [0.25, 0.3) is 0 Å². The third-order valence-corrected chi connectivity index (χ3v) is 4.19. The molecular formula is C20H22O6. The van der Waals surface area contributed by atoms with Crippen LogP contribution in [0.3, 0.4) is 0 Å². The minimum absolute atomic E-state index is 0.178. The Hall–Kier alpha value is -2.89. The lowest BCUT2D eigenvalue weighted by molar-refractivity contribution is -0.149. The Balaban J connectivity index is 2.31. The van der Waals surface area contributed by atoms with Gasteiger partial charge in [-0.25, -0.2) is 4.79 Å². The number of ether oxygens (including phenoxy) is 3. The van der Waals surface area contributed by atoms with Gasteiger partial charge in [-0.15, -0.1) is 0 Å². The highest BCUT2D eigenvalue weighted by molar-refractivity contribution is 5.87. The summed E-state index contributed by atoms with van der Waals surface area (Å²) in [6.07, 6.45) is 0.204. The van der Waals surface area contributed by atoms with Gasteiger partial charge in [0.2, 0.25) is 0 Å². The van der Waals surface area contributed by atoms with E-state index < -0.39 is 30.3 Å². The molecule has 138 valence electrons. The first kappa shape index (κ1) is 19.4. The van der Waals surface area contributed by atoms with E-state index in [-0.39, 0.29) is 5.57 Å². The van der Waals surface area contributed by atoms with E-state index in [2.05, 4.69) is 6.58 Å². The monoisotopic (exact) mass is 358 g/mol. The van der Waals surface area contributed by atoms with E-state index in [0.29, 0.717) is 23.2 Å². The highest BCUT2D eigenvalue weighted by Gasteiger charge is 2.39. The van der Waals surface area contributed by atoms with Gasteiger partial charge in [0, 0.05) is 23.6 Å². The molecule has 3 unspecified atom stereocenters. The molecule has 1 aromatic carbocycles. The van der Waals surface area contributed by atoms with Gasteiger partial charge in [-0.2, -0.15) is 0 Å². The zero-order chi connectivity index (χ0) is 19.4. The molecule has 2 rings (SSSR count). The number of esters is 2. The number of carbonyl (C=O) groups is 3. The van der Waals surface area contributed by atoms with Crippen LogP contribution in [-0.2, 0) is 23.9 Å². The van der Waals surface area contributed by atoms with Crippen molar-refractivity contribution < 1.29 is 28.6 Å². The van der Waals surface area contributed by atoms with Gasteiger partial charge in [-0.1, -0.05) is 18.7 Å². The molecule has 0 N–H and O–H groups in total. The number of aldehydes is 1. The fourth-order valence-electron chi connectivity index (χ4n) is 2.59. The van der Waals surface area contributed by atoms with Crippen LogP contribution >= 0.6 is 0 Å². The molecule has 0 fully saturated rings. The van der Waals surface area contributed by atoms with E-state index in [1.807, 2.05) is 0 Å². The number of rotatable bonds is 6. The van der Waals surface area contributed by atoms with Gasteiger partial charge in [0.05, 0.1) is 0 Å². The van der Waals surface area contributed by atoms with Gasteiger partial charge >= 0.3 is 11.9 Å². The molecule has 3 atom stereocenters. The van der Waals surface area contributed by atoms with Crippen LogP contribution in [0.25, 0.3) is 0 Å². The Morgan fingerprint density at radius 1 is 1.31 bits per heavy atom. The van der Waals surface area contributed by atoms with Gasteiger partial charge in [-0.3, -0.25) is 9.59 Å². The summed E-state index contributed by atoms with van der Waals surface area (Å²) in [5, 5.41) is 0. The van der Waals surface area contributed by atoms with Crippen LogP contribution in [0.2, 0.25) is 0 Å². The lowest BCUT2D eigenvalue weighted by Gasteiger charge is -2.18. The predicted octanol–water partition coefficient (Wildman–Crippen LogP) is 3.38. The SMILES string of the molecule is C=C(C=O)C1Oc2ccc(C(C)OC(=O)C(C)=CC)cc2C1OC(C)=O. The summed E-state index contributed by atoms with van der Waals surface area (Å²) in [4.78, 5) is 34.5. The Bertz CT molecular complexity index is 777. The minimum atomic E-state index is -0.777. The third-order valence-electron chi connectivity index (χ3n) is 4.19. The second kappa shape index (κ2) is 7.99. The maximum absolute atomic E-state index is 11.9. The zero-order valence-electron chi connectivity index (χ0n) is 15.3. The van der Waals surface area contributed by atoms with E-state index in [1.54, 1.807) is 45.0 Å². The Morgan fingerprint density at radius 2 is 2.00 bits per heavy atom. The van der Waals surface area contributed by atoms with Crippen molar-refractivity contribution in [2.24, 2.45) is 0 Å². The highest BCUT2D eigenvalue weighted by atomic mass is 16.6. The second-order valence-corrected chi connectivity index (χ2v) is 6.08. The van der Waals surface area contributed by atoms with Gasteiger partial charge in [0.1, 0.15) is 18.1 Å². The summed E-state index contributed by atoms with van der Waals surface area (Å²) in [5.41, 5.74) is 2.02. The van der Waals surface area contributed by atoms with Gasteiger partial charge in [0.15, 0.2) is 12.2 Å². The lowest BCUT2D eigenvalue weighted by Crippen LogP contribution is -2.25. The Kier molecular flexibility index (Phi) is 5.97. The molecule has 0 radical (unpaired) electrons. The lowest BCUT2D eigenvalue weighted by atomic mass is 9.99. The first-order valence-electron chi connectivity index (χ1n) is 8.24. The Morgan fingerprint density at radius 3 is 2.58 bits per heavy atom. The third kappa shape index (κ3) is 4.02. The number of fused-ring (bicyclic) bond motifs is 1. The van der Waals surface area contributed by atoms with Crippen LogP contribution in [0.5, 0.6) is 5.75 Å². The molecule has 0 amide bonds. The van der Waals surface area contributed by atoms with Crippen molar-refractivity contribution in [3.8, 4) is 5.75 Å². The van der Waals surface area contributed by atoms with Gasteiger partial charge < -0.3 is 14.2 Å². The molecule has 0 bridgehead atoms. The van der Waals surface area contributed by atoms with Crippen molar-refractivity contribution in [3.63, 3.8) is 0 Å². The summed E-state index contributed by atoms with van der Waals surface area (Å²) >= 11 is 0. The summed E-state index contributed by atoms with van der Waals surface area (Å²) in [6.45, 7) is 10.1. The zero-order valence-corrected chi connectivity index (χ0v) is 15.3. The first-order valence-corrected chi connectivity index (χ1v) is 8.24. The molecule has 0 saturated carbocycles. The number of carbonyl (C=O) groups excluding carboxylic acids is 3. The van der Waals surface area contributed by atoms with Crippen molar-refractivity contribution in [3.05, 3.63) is 53.1 Å². The topological polar surface area (TPSA) is 78.9 Å². The molecule has 1 aliphatic rings. The normalized spacial score (nSPS) is 19.8. The van der Waals surface area contributed by atoms with Crippen molar-refractivity contribution in [2.45, 2.75) is 46.0 Å². The van der Waals surface area contributed by atoms with E-state index >= 15 is 0 Å². The van der Waals surface area contributed by atoms with Crippen molar-refractivity contribution in [1.29, 1.82) is 0 Å². The summed E-state index contributed by atoms with van der Waals surface area (Å²) in [7, 11) is 0. The summed E-state index contributed by atoms with van der Waals surface area (Å²) in [6, 6.07) is 5.22.